The number of hydrogen-bond acceptors (Lipinski definition) is 5. The molecule has 1 amide bonds. The summed E-state index contributed by atoms with van der Waals surface area (Å²) in [6.07, 6.45) is -5.08. The third kappa shape index (κ3) is 7.62. The van der Waals surface area contributed by atoms with Gasteiger partial charge in [0, 0.05) is 48.1 Å². The Morgan fingerprint density at radius 3 is 1.89 bits per heavy atom. The average molecular weight is 550 g/mol. The van der Waals surface area contributed by atoms with Gasteiger partial charge in [0.05, 0.1) is 11.3 Å². The highest BCUT2D eigenvalue weighted by Crippen LogP contribution is 2.27. The van der Waals surface area contributed by atoms with Crippen molar-refractivity contribution in [2.45, 2.75) is 6.18 Å². The summed E-state index contributed by atoms with van der Waals surface area (Å²) in [6, 6.07) is 21.6. The summed E-state index contributed by atoms with van der Waals surface area (Å²) < 4.78 is 31.7. The molecule has 0 bridgehead atoms. The van der Waals surface area contributed by atoms with Crippen molar-refractivity contribution in [2.24, 2.45) is 0 Å². The highest BCUT2D eigenvalue weighted by molar-refractivity contribution is 6.30. The zero-order chi connectivity index (χ0) is 27.9. The Bertz CT molecular complexity index is 1280. The highest BCUT2D eigenvalue weighted by Gasteiger charge is 2.38. The standard InChI is InChI=1S/C24H22ClN3O3.C2HF3O2/c25-18-6-9-20(10-7-18)27-12-14-28(15-13-27)22-11-8-19(16-21(22)24(30)31)26-23(29)17-4-2-1-3-5-17;3-2(4,5)1(6)7/h1-11,16H,12-15H2,(H,26,29)(H,30,31);(H,6,7). The van der Waals surface area contributed by atoms with E-state index < -0.39 is 18.1 Å². The number of carbonyl (C=O) groups is 3. The lowest BCUT2D eigenvalue weighted by Gasteiger charge is -2.38. The largest absolute Gasteiger partial charge is 0.490 e. The lowest BCUT2D eigenvalue weighted by atomic mass is 10.1. The molecule has 12 heteroatoms. The van der Waals surface area contributed by atoms with Gasteiger partial charge in [0.15, 0.2) is 0 Å². The van der Waals surface area contributed by atoms with Crippen LogP contribution >= 0.6 is 11.6 Å². The van der Waals surface area contributed by atoms with E-state index in [1.807, 2.05) is 30.3 Å². The fourth-order valence-electron chi connectivity index (χ4n) is 3.71. The van der Waals surface area contributed by atoms with E-state index in [4.69, 9.17) is 21.5 Å². The fourth-order valence-corrected chi connectivity index (χ4v) is 3.84. The third-order valence-corrected chi connectivity index (χ3v) is 5.83. The molecular formula is C26H23ClF3N3O5. The van der Waals surface area contributed by atoms with Gasteiger partial charge in [-0.3, -0.25) is 4.79 Å². The average Bonchev–Trinajstić information content (AvgIpc) is 2.89. The number of alkyl halides is 3. The number of carbonyl (C=O) groups excluding carboxylic acids is 1. The van der Waals surface area contributed by atoms with Gasteiger partial charge >= 0.3 is 18.1 Å². The summed E-state index contributed by atoms with van der Waals surface area (Å²) in [7, 11) is 0. The summed E-state index contributed by atoms with van der Waals surface area (Å²) in [5, 5.41) is 20.4. The number of aromatic carboxylic acids is 1. The molecule has 0 atom stereocenters. The number of aliphatic carboxylic acids is 1. The molecule has 0 radical (unpaired) electrons. The van der Waals surface area contributed by atoms with E-state index in [-0.39, 0.29) is 11.5 Å². The Morgan fingerprint density at radius 2 is 1.37 bits per heavy atom. The molecule has 0 saturated carbocycles. The molecular weight excluding hydrogens is 527 g/mol. The maximum absolute atomic E-state index is 12.4. The predicted molar refractivity (Wildman–Crippen MR) is 137 cm³/mol. The minimum absolute atomic E-state index is 0.172. The van der Waals surface area contributed by atoms with Gasteiger partial charge in [0.1, 0.15) is 0 Å². The van der Waals surface area contributed by atoms with Gasteiger partial charge in [-0.25, -0.2) is 9.59 Å². The topological polar surface area (TPSA) is 110 Å². The van der Waals surface area contributed by atoms with E-state index in [1.165, 1.54) is 6.07 Å². The number of hydrogen-bond donors (Lipinski definition) is 3. The molecule has 1 saturated heterocycles. The maximum atomic E-state index is 12.4. The Hall–Kier alpha value is -4.25. The van der Waals surface area contributed by atoms with Gasteiger partial charge < -0.3 is 25.3 Å². The second kappa shape index (κ2) is 12.3. The van der Waals surface area contributed by atoms with Crippen LogP contribution in [0.1, 0.15) is 20.7 Å². The summed E-state index contributed by atoms with van der Waals surface area (Å²) >= 11 is 5.97. The molecule has 0 spiro atoms. The van der Waals surface area contributed by atoms with Crippen molar-refractivity contribution < 1.29 is 37.8 Å². The van der Waals surface area contributed by atoms with Crippen molar-refractivity contribution in [2.75, 3.05) is 41.3 Å². The zero-order valence-electron chi connectivity index (χ0n) is 19.8. The SMILES string of the molecule is O=C(Nc1ccc(N2CCN(c3ccc(Cl)cc3)CC2)c(C(=O)O)c1)c1ccccc1.O=C(O)C(F)(F)F. The second-order valence-corrected chi connectivity index (χ2v) is 8.55. The molecule has 4 rings (SSSR count). The lowest BCUT2D eigenvalue weighted by Crippen LogP contribution is -2.47. The van der Waals surface area contributed by atoms with Crippen molar-refractivity contribution in [1.29, 1.82) is 0 Å². The number of anilines is 3. The molecule has 1 heterocycles. The van der Waals surface area contributed by atoms with Crippen molar-refractivity contribution in [1.82, 2.24) is 0 Å². The molecule has 1 fully saturated rings. The first-order chi connectivity index (χ1) is 18.0. The van der Waals surface area contributed by atoms with Crippen LogP contribution in [-0.4, -0.2) is 60.4 Å². The van der Waals surface area contributed by atoms with Gasteiger partial charge in [-0.1, -0.05) is 29.8 Å². The third-order valence-electron chi connectivity index (χ3n) is 5.58. The highest BCUT2D eigenvalue weighted by atomic mass is 35.5. The van der Waals surface area contributed by atoms with E-state index in [9.17, 15) is 27.9 Å². The summed E-state index contributed by atoms with van der Waals surface area (Å²) in [4.78, 5) is 37.5. The molecule has 200 valence electrons. The predicted octanol–water partition coefficient (Wildman–Crippen LogP) is 5.25. The van der Waals surface area contributed by atoms with Gasteiger partial charge in [-0.05, 0) is 54.6 Å². The van der Waals surface area contributed by atoms with Gasteiger partial charge in [-0.2, -0.15) is 13.2 Å². The van der Waals surface area contributed by atoms with E-state index in [0.29, 0.717) is 35.1 Å². The molecule has 38 heavy (non-hydrogen) atoms. The quantitative estimate of drug-likeness (QED) is 0.399. The van der Waals surface area contributed by atoms with E-state index in [2.05, 4.69) is 15.1 Å². The van der Waals surface area contributed by atoms with Crippen molar-refractivity contribution >= 4 is 46.5 Å². The second-order valence-electron chi connectivity index (χ2n) is 8.11. The van der Waals surface area contributed by atoms with Crippen LogP contribution in [0.25, 0.3) is 0 Å². The molecule has 0 aromatic heterocycles. The molecule has 3 N–H and O–H groups in total. The first-order valence-corrected chi connectivity index (χ1v) is 11.6. The maximum Gasteiger partial charge on any atom is 0.490 e. The molecule has 0 unspecified atom stereocenters. The molecule has 3 aromatic rings. The van der Waals surface area contributed by atoms with Crippen LogP contribution in [0, 0.1) is 0 Å². The number of rotatable bonds is 5. The van der Waals surface area contributed by atoms with Crippen LogP contribution in [0.2, 0.25) is 5.02 Å². The van der Waals surface area contributed by atoms with E-state index in [0.717, 1.165) is 18.8 Å². The van der Waals surface area contributed by atoms with E-state index >= 15 is 0 Å². The fraction of sp³-hybridized carbons (Fsp3) is 0.192. The van der Waals surface area contributed by atoms with Crippen LogP contribution in [-0.2, 0) is 4.79 Å². The van der Waals surface area contributed by atoms with Crippen LogP contribution in [0.15, 0.2) is 72.8 Å². The van der Waals surface area contributed by atoms with Crippen LogP contribution in [0.3, 0.4) is 0 Å². The molecule has 3 aromatic carbocycles. The van der Waals surface area contributed by atoms with Crippen LogP contribution < -0.4 is 15.1 Å². The molecule has 0 aliphatic carbocycles. The van der Waals surface area contributed by atoms with Crippen LogP contribution in [0.4, 0.5) is 30.2 Å². The normalized spacial score (nSPS) is 13.3. The Morgan fingerprint density at radius 1 is 0.816 bits per heavy atom. The van der Waals surface area contributed by atoms with Gasteiger partial charge in [0.25, 0.3) is 5.91 Å². The summed E-state index contributed by atoms with van der Waals surface area (Å²) in [5.74, 6) is -4.06. The van der Waals surface area contributed by atoms with Crippen molar-refractivity contribution in [3.63, 3.8) is 0 Å². The molecule has 8 nitrogen and oxygen atoms in total. The number of amides is 1. The van der Waals surface area contributed by atoms with Gasteiger partial charge in [-0.15, -0.1) is 0 Å². The zero-order valence-corrected chi connectivity index (χ0v) is 20.5. The minimum Gasteiger partial charge on any atom is -0.478 e. The smallest absolute Gasteiger partial charge is 0.478 e. The van der Waals surface area contributed by atoms with Crippen molar-refractivity contribution in [3.05, 3.63) is 88.9 Å². The number of benzene rings is 3. The Kier molecular flexibility index (Phi) is 9.19. The monoisotopic (exact) mass is 549 g/mol. The number of piperazine rings is 1. The number of nitrogens with one attached hydrogen (secondary N) is 1. The number of halogens is 4. The number of carboxylic acids is 2. The first kappa shape index (κ1) is 28.3. The van der Waals surface area contributed by atoms with Crippen LogP contribution in [0.5, 0.6) is 0 Å². The first-order valence-electron chi connectivity index (χ1n) is 11.2. The van der Waals surface area contributed by atoms with Crippen molar-refractivity contribution in [3.8, 4) is 0 Å². The number of nitrogens with zero attached hydrogens (tertiary/aromatic N) is 2. The molecule has 1 aliphatic rings. The van der Waals surface area contributed by atoms with Gasteiger partial charge in [0.2, 0.25) is 0 Å². The lowest BCUT2D eigenvalue weighted by molar-refractivity contribution is -0.192. The Balaban J connectivity index is 0.000000505. The summed E-state index contributed by atoms with van der Waals surface area (Å²) in [6.45, 7) is 2.93. The van der Waals surface area contributed by atoms with E-state index in [1.54, 1.807) is 36.4 Å². The molecule has 1 aliphatic heterocycles. The number of carboxylic acid groups (broad SMARTS) is 2. The Labute approximate surface area is 220 Å². The minimum atomic E-state index is -5.08. The summed E-state index contributed by atoms with van der Waals surface area (Å²) in [5.41, 5.74) is 2.89.